The molecule has 18 aromatic rings. The monoisotopic (exact) mass is 1690 g/mol. The van der Waals surface area contributed by atoms with Crippen LogP contribution in [0.3, 0.4) is 0 Å². The highest BCUT2D eigenvalue weighted by molar-refractivity contribution is 7.24. The van der Waals surface area contributed by atoms with Gasteiger partial charge in [0.2, 0.25) is 11.8 Å². The third-order valence-corrected chi connectivity index (χ3v) is 26.4. The summed E-state index contributed by atoms with van der Waals surface area (Å²) in [5, 5.41) is 41.4. The van der Waals surface area contributed by atoms with Crippen LogP contribution in [0.4, 0.5) is 38.6 Å². The van der Waals surface area contributed by atoms with E-state index < -0.39 is 11.7 Å². The zero-order valence-electron chi connectivity index (χ0n) is 67.0. The molecule has 0 fully saturated rings. The lowest BCUT2D eigenvalue weighted by molar-refractivity contribution is 0.100. The molecule has 15 aromatic heterocycles. The van der Waals surface area contributed by atoms with Crippen molar-refractivity contribution in [3.8, 4) is 89.0 Å². The number of pyridine rings is 6. The molecule has 0 unspecified atom stereocenters. The topological polar surface area (TPSA) is 418 Å². The number of aryl methyl sites for hydroxylation is 10. The van der Waals surface area contributed by atoms with Gasteiger partial charge in [-0.1, -0.05) is 73.5 Å². The number of amides is 1. The highest BCUT2D eigenvalue weighted by Gasteiger charge is 2.28. The van der Waals surface area contributed by atoms with Crippen LogP contribution in [0.2, 0.25) is 5.02 Å². The number of nitrogens with one attached hydrogen (secondary N) is 1. The van der Waals surface area contributed by atoms with Crippen LogP contribution in [0.15, 0.2) is 121 Å². The molecule has 118 heavy (non-hydrogen) atoms. The molecule has 1 amide bonds. The summed E-state index contributed by atoms with van der Waals surface area (Å²) in [6.45, 7) is 31.4. The van der Waals surface area contributed by atoms with Crippen molar-refractivity contribution in [2.24, 2.45) is 5.73 Å². The number of aromatic nitrogens is 14. The number of fused-ring (bicyclic) bond motifs is 5. The maximum absolute atomic E-state index is 13.9. The molecule has 18 rings (SSSR count). The van der Waals surface area contributed by atoms with Gasteiger partial charge in [0.25, 0.3) is 41.3 Å². The Labute approximate surface area is 701 Å². The van der Waals surface area contributed by atoms with E-state index in [2.05, 4.69) is 124 Å². The van der Waals surface area contributed by atoms with Gasteiger partial charge < -0.3 is 57.4 Å². The Hall–Kier alpha value is -12.6. The Morgan fingerprint density at radius 2 is 0.771 bits per heavy atom. The lowest BCUT2D eigenvalue weighted by atomic mass is 10.1. The molecule has 0 aliphatic rings. The Morgan fingerprint density at radius 3 is 1.18 bits per heavy atom. The van der Waals surface area contributed by atoms with E-state index >= 15 is 0 Å². The van der Waals surface area contributed by atoms with Gasteiger partial charge in [0.1, 0.15) is 65.9 Å². The number of rotatable bonds is 13. The molecule has 33 heteroatoms. The first-order valence-corrected chi connectivity index (χ1v) is 41.7. The fraction of sp³-hybridized carbons (Fsp3) is 0.212. The second-order valence-electron chi connectivity index (χ2n) is 28.0. The van der Waals surface area contributed by atoms with Crippen molar-refractivity contribution < 1.29 is 26.9 Å². The van der Waals surface area contributed by atoms with Gasteiger partial charge in [-0.15, -0.1) is 97.5 Å². The van der Waals surface area contributed by atoms with Gasteiger partial charge in [-0.2, -0.15) is 0 Å². The predicted molar refractivity (Wildman–Crippen MR) is 476 cm³/mol. The number of halogens is 2. The number of carbonyl (C=O) groups excluding carboxylic acids is 1. The number of anilines is 6. The van der Waals surface area contributed by atoms with E-state index in [1.807, 2.05) is 122 Å². The van der Waals surface area contributed by atoms with E-state index in [-0.39, 0.29) is 17.3 Å². The second kappa shape index (κ2) is 33.9. The molecule has 0 saturated carbocycles. The minimum absolute atomic E-state index is 0.127. The zero-order valence-corrected chi connectivity index (χ0v) is 71.8. The molecule has 26 nitrogen and oxygen atoms in total. The van der Waals surface area contributed by atoms with Crippen LogP contribution in [0.25, 0.3) is 140 Å². The summed E-state index contributed by atoms with van der Waals surface area (Å²) in [5.41, 5.74) is 57.4. The van der Waals surface area contributed by atoms with Crippen molar-refractivity contribution >= 4 is 160 Å². The molecule has 0 spiro atoms. The number of unbranched alkanes of at least 4 members (excludes halogenated alkanes) is 1. The quantitative estimate of drug-likeness (QED) is 0.0527. The number of nitrogen functional groups attached to an aromatic ring is 5. The standard InChI is InChI=1S/C19H18N4OS.C18H15ClN4OS.C18H15FN4OS.C17H15N5OS.C13H18N4OS/c1-9-7-5-6-8-13(9)17-22-23-18(24-17)16-15(20)14-11(3)10(2)12(4)21-19(14)25-16;2*1-8-9(2)13-14(20)15(25-18(13)21-10(8)3)17-23-22-16(24-17)11-6-4-5-7-12(11)19;1-8-9(2)12-13(18)14(24-17(12)20-10(8)3)16-22-21-15(23-16)11-6-4-5-7-19-11;1-3-4-5-16-8-6-7(2)9-10(14)11(12(15)18)19-13(9)17-8/h5-8H,20H2,1-4H3;2*4-7H,20H2,1-3H3;4-7H,18H2,1-3H3;6H,3-5,14H2,1-2H3,(H2,15,18)(H,16,17). The van der Waals surface area contributed by atoms with Crippen molar-refractivity contribution in [1.82, 2.24) is 70.7 Å². The van der Waals surface area contributed by atoms with Crippen molar-refractivity contribution in [2.75, 3.05) is 40.5 Å². The largest absolute Gasteiger partial charge is 0.415 e. The summed E-state index contributed by atoms with van der Waals surface area (Å²) >= 11 is 13.3. The summed E-state index contributed by atoms with van der Waals surface area (Å²) < 4.78 is 37.2. The van der Waals surface area contributed by atoms with E-state index in [1.165, 1.54) is 62.8 Å². The molecule has 0 atom stereocenters. The Bertz CT molecular complexity index is 6470. The number of primary amides is 1. The maximum atomic E-state index is 13.9. The first-order valence-electron chi connectivity index (χ1n) is 37.2. The average Bonchev–Trinajstić information content (AvgIpc) is 1.62. The van der Waals surface area contributed by atoms with Gasteiger partial charge in [0.15, 0.2) is 0 Å². The number of benzene rings is 3. The minimum atomic E-state index is -0.500. The summed E-state index contributed by atoms with van der Waals surface area (Å²) in [7, 11) is 0. The van der Waals surface area contributed by atoms with Gasteiger partial charge in [-0.05, 0) is 208 Å². The van der Waals surface area contributed by atoms with Crippen LogP contribution in [0.1, 0.15) is 108 Å². The van der Waals surface area contributed by atoms with Crippen molar-refractivity contribution in [3.05, 3.63) is 197 Å². The highest BCUT2D eigenvalue weighted by atomic mass is 35.5. The first kappa shape index (κ1) is 82.0. The van der Waals surface area contributed by atoms with E-state index in [9.17, 15) is 9.18 Å². The molecule has 15 heterocycles. The third-order valence-electron chi connectivity index (χ3n) is 20.6. The zero-order chi connectivity index (χ0) is 84.0. The molecular formula is C85H81ClFN21O5S5. The molecule has 3 aromatic carbocycles. The SMILES string of the molecule is CCCCNc1cc(C)c2c(N)c(C(N)=O)sc2n1.Cc1ccccc1-c1nnc(-c2sc3nc(C)c(C)c(C)c3c2N)o1.Cc1nc2sc(-c3nnc(-c4ccccc4Cl)o3)c(N)c2c(C)c1C.Cc1nc2sc(-c3nnc(-c4ccccc4F)o3)c(N)c2c(C)c1C.Cc1nc2sc(-c3nnc(-c4ccccn4)o3)c(N)c2c(C)c1C. The van der Waals surface area contributed by atoms with Crippen molar-refractivity contribution in [3.63, 3.8) is 0 Å². The smallest absolute Gasteiger partial charge is 0.266 e. The lowest BCUT2D eigenvalue weighted by Gasteiger charge is -2.06. The molecule has 0 saturated heterocycles. The van der Waals surface area contributed by atoms with Crippen molar-refractivity contribution in [1.29, 1.82) is 0 Å². The van der Waals surface area contributed by atoms with Crippen molar-refractivity contribution in [2.45, 2.75) is 117 Å². The Morgan fingerprint density at radius 1 is 0.407 bits per heavy atom. The lowest BCUT2D eigenvalue weighted by Crippen LogP contribution is -2.10. The molecule has 0 aliphatic heterocycles. The fourth-order valence-corrected chi connectivity index (χ4v) is 18.9. The average molecular weight is 1690 g/mol. The van der Waals surface area contributed by atoms with Gasteiger partial charge in [0.05, 0.1) is 44.6 Å². The number of hydrogen-bond donors (Lipinski definition) is 7. The summed E-state index contributed by atoms with van der Waals surface area (Å²) in [5.74, 6) is 2.76. The number of nitrogens with zero attached hydrogens (tertiary/aromatic N) is 14. The Balaban J connectivity index is 0.000000122. The van der Waals surface area contributed by atoms with Crippen LogP contribution >= 0.6 is 68.3 Å². The van der Waals surface area contributed by atoms with Crippen LogP contribution in [0.5, 0.6) is 0 Å². The van der Waals surface area contributed by atoms with Gasteiger partial charge in [-0.3, -0.25) is 9.78 Å². The summed E-state index contributed by atoms with van der Waals surface area (Å²) in [6.07, 6.45) is 3.91. The normalized spacial score (nSPS) is 11.3. The first-order chi connectivity index (χ1) is 56.5. The molecule has 0 aliphatic carbocycles. The molecule has 0 radical (unpaired) electrons. The van der Waals surface area contributed by atoms with E-state index in [0.29, 0.717) is 89.8 Å². The van der Waals surface area contributed by atoms with E-state index in [4.69, 9.17) is 63.7 Å². The number of carbonyl (C=O) groups is 1. The van der Waals surface area contributed by atoms with E-state index in [1.54, 1.807) is 30.5 Å². The third kappa shape index (κ3) is 15.9. The molecule has 600 valence electrons. The molecule has 0 bridgehead atoms. The van der Waals surface area contributed by atoms with Crippen LogP contribution in [-0.2, 0) is 0 Å². The second-order valence-corrected chi connectivity index (χ2v) is 33.4. The van der Waals surface area contributed by atoms with Crippen LogP contribution in [-0.4, -0.2) is 83.1 Å². The van der Waals surface area contributed by atoms with Crippen LogP contribution in [0, 0.1) is 103 Å². The highest BCUT2D eigenvalue weighted by Crippen LogP contribution is 2.48. The maximum Gasteiger partial charge on any atom is 0.266 e. The van der Waals surface area contributed by atoms with Gasteiger partial charge in [-0.25, -0.2) is 29.3 Å². The van der Waals surface area contributed by atoms with Gasteiger partial charge in [0, 0.05) is 68.0 Å². The molecule has 13 N–H and O–H groups in total. The number of nitrogens with two attached hydrogens (primary N) is 6. The number of thiophene rings is 5. The number of hydrogen-bond acceptors (Lipinski definition) is 30. The van der Waals surface area contributed by atoms with Crippen LogP contribution < -0.4 is 39.7 Å². The predicted octanol–water partition coefficient (Wildman–Crippen LogP) is 21.1. The fourth-order valence-electron chi connectivity index (χ4n) is 13.1. The van der Waals surface area contributed by atoms with E-state index in [0.717, 1.165) is 175 Å². The summed E-state index contributed by atoms with van der Waals surface area (Å²) in [4.78, 5) is 46.2. The van der Waals surface area contributed by atoms with Gasteiger partial charge >= 0.3 is 0 Å². The summed E-state index contributed by atoms with van der Waals surface area (Å²) in [6, 6.07) is 29.0. The minimum Gasteiger partial charge on any atom is -0.415 e. The Kier molecular flexibility index (Phi) is 23.6. The molecular weight excluding hydrogens is 1610 g/mol.